The molecule has 0 radical (unpaired) electrons. The van der Waals surface area contributed by atoms with Gasteiger partial charge in [-0.2, -0.15) is 5.10 Å². The molecular formula is C18H26N6O2. The van der Waals surface area contributed by atoms with Crippen LogP contribution < -0.4 is 9.80 Å². The predicted molar refractivity (Wildman–Crippen MR) is 98.2 cm³/mol. The smallest absolute Gasteiger partial charge is 0.134 e. The lowest BCUT2D eigenvalue weighted by molar-refractivity contribution is -0.0468. The van der Waals surface area contributed by atoms with Crippen LogP contribution in [0.25, 0.3) is 0 Å². The molecule has 2 unspecified atom stereocenters. The highest BCUT2D eigenvalue weighted by Crippen LogP contribution is 2.32. The quantitative estimate of drug-likeness (QED) is 0.871. The molecule has 140 valence electrons. The summed E-state index contributed by atoms with van der Waals surface area (Å²) in [5.41, 5.74) is 0.651. The summed E-state index contributed by atoms with van der Waals surface area (Å²) in [6.45, 7) is 5.32. The van der Waals surface area contributed by atoms with Crippen molar-refractivity contribution in [3.63, 3.8) is 0 Å². The molecule has 2 aliphatic rings. The van der Waals surface area contributed by atoms with Gasteiger partial charge in [0.1, 0.15) is 23.6 Å². The first-order valence-corrected chi connectivity index (χ1v) is 9.17. The van der Waals surface area contributed by atoms with E-state index in [9.17, 15) is 5.11 Å². The van der Waals surface area contributed by atoms with E-state index < -0.39 is 5.60 Å². The minimum absolute atomic E-state index is 0.156. The number of aliphatic hydroxyl groups is 1. The molecule has 0 spiro atoms. The van der Waals surface area contributed by atoms with Crippen LogP contribution in [0.2, 0.25) is 0 Å². The van der Waals surface area contributed by atoms with Crippen molar-refractivity contribution in [2.45, 2.75) is 31.4 Å². The Morgan fingerprint density at radius 1 is 1.31 bits per heavy atom. The van der Waals surface area contributed by atoms with E-state index in [1.807, 2.05) is 25.5 Å². The Labute approximate surface area is 153 Å². The standard InChI is InChI=1S/C18H26N6O2/c1-18(14-9-21-22(2)10-14)12-23(6-7-26-18)16-8-17(20-13-19-16)24-5-3-4-15(24)11-25/h8-10,13,15,25H,3-7,11-12H2,1-2H3. The molecule has 8 heteroatoms. The van der Waals surface area contributed by atoms with E-state index >= 15 is 0 Å². The van der Waals surface area contributed by atoms with E-state index in [0.29, 0.717) is 13.2 Å². The molecule has 8 nitrogen and oxygen atoms in total. The van der Waals surface area contributed by atoms with Gasteiger partial charge in [-0.25, -0.2) is 9.97 Å². The number of anilines is 2. The first-order chi connectivity index (χ1) is 12.6. The monoisotopic (exact) mass is 358 g/mol. The lowest BCUT2D eigenvalue weighted by Crippen LogP contribution is -2.48. The topological polar surface area (TPSA) is 79.5 Å². The maximum Gasteiger partial charge on any atom is 0.134 e. The Morgan fingerprint density at radius 2 is 2.15 bits per heavy atom. The van der Waals surface area contributed by atoms with Crippen molar-refractivity contribution < 1.29 is 9.84 Å². The van der Waals surface area contributed by atoms with Crippen LogP contribution in [0.5, 0.6) is 0 Å². The van der Waals surface area contributed by atoms with E-state index in [4.69, 9.17) is 4.74 Å². The number of rotatable bonds is 4. The SMILES string of the molecule is Cn1cc(C2(C)CN(c3cc(N4CCCC4CO)ncn3)CCO2)cn1. The van der Waals surface area contributed by atoms with Gasteiger partial charge in [-0.3, -0.25) is 4.68 Å². The number of hydrogen-bond acceptors (Lipinski definition) is 7. The molecule has 1 N–H and O–H groups in total. The van der Waals surface area contributed by atoms with Gasteiger partial charge in [0, 0.05) is 38.0 Å². The zero-order valence-corrected chi connectivity index (χ0v) is 15.4. The van der Waals surface area contributed by atoms with Crippen LogP contribution in [0.1, 0.15) is 25.3 Å². The van der Waals surface area contributed by atoms with Gasteiger partial charge in [0.2, 0.25) is 0 Å². The van der Waals surface area contributed by atoms with E-state index in [2.05, 4.69) is 31.8 Å². The minimum Gasteiger partial charge on any atom is -0.394 e. The van der Waals surface area contributed by atoms with Crippen molar-refractivity contribution in [3.05, 3.63) is 30.4 Å². The molecule has 0 aliphatic carbocycles. The third-order valence-corrected chi connectivity index (χ3v) is 5.43. The maximum absolute atomic E-state index is 9.59. The molecule has 2 atom stereocenters. The first-order valence-electron chi connectivity index (χ1n) is 9.17. The predicted octanol–water partition coefficient (Wildman–Crippen LogP) is 0.923. The molecule has 2 aliphatic heterocycles. The number of hydrogen-bond donors (Lipinski definition) is 1. The Bertz CT molecular complexity index is 766. The summed E-state index contributed by atoms with van der Waals surface area (Å²) in [5, 5.41) is 13.9. The third kappa shape index (κ3) is 3.14. The zero-order chi connectivity index (χ0) is 18.1. The molecule has 0 aromatic carbocycles. The van der Waals surface area contributed by atoms with Crippen molar-refractivity contribution in [3.8, 4) is 0 Å². The maximum atomic E-state index is 9.59. The van der Waals surface area contributed by atoms with Crippen molar-refractivity contribution in [2.75, 3.05) is 42.6 Å². The highest BCUT2D eigenvalue weighted by molar-refractivity contribution is 5.52. The summed E-state index contributed by atoms with van der Waals surface area (Å²) < 4.78 is 7.90. The van der Waals surface area contributed by atoms with Crippen LogP contribution in [-0.2, 0) is 17.4 Å². The highest BCUT2D eigenvalue weighted by Gasteiger charge is 2.36. The number of aliphatic hydroxyl groups excluding tert-OH is 1. The van der Waals surface area contributed by atoms with Gasteiger partial charge in [0.25, 0.3) is 0 Å². The fourth-order valence-corrected chi connectivity index (χ4v) is 3.93. The number of morpholine rings is 1. The summed E-state index contributed by atoms with van der Waals surface area (Å²) in [6, 6.07) is 2.19. The normalized spacial score (nSPS) is 26.5. The summed E-state index contributed by atoms with van der Waals surface area (Å²) >= 11 is 0. The first kappa shape index (κ1) is 17.2. The van der Waals surface area contributed by atoms with Gasteiger partial charge in [0.05, 0.1) is 32.0 Å². The molecule has 2 aromatic rings. The fraction of sp³-hybridized carbons (Fsp3) is 0.611. The zero-order valence-electron chi connectivity index (χ0n) is 15.4. The van der Waals surface area contributed by atoms with Crippen LogP contribution in [0.15, 0.2) is 24.8 Å². The van der Waals surface area contributed by atoms with Gasteiger partial charge in [-0.15, -0.1) is 0 Å². The average molecular weight is 358 g/mol. The molecule has 4 heterocycles. The number of aromatic nitrogens is 4. The number of nitrogens with zero attached hydrogens (tertiary/aromatic N) is 6. The van der Waals surface area contributed by atoms with Crippen LogP contribution in [0.3, 0.4) is 0 Å². The lowest BCUT2D eigenvalue weighted by atomic mass is 9.97. The molecular weight excluding hydrogens is 332 g/mol. The highest BCUT2D eigenvalue weighted by atomic mass is 16.5. The van der Waals surface area contributed by atoms with Crippen LogP contribution in [0, 0.1) is 0 Å². The Morgan fingerprint density at radius 3 is 2.92 bits per heavy atom. The van der Waals surface area contributed by atoms with E-state index in [1.54, 1.807) is 11.0 Å². The summed E-state index contributed by atoms with van der Waals surface area (Å²) in [4.78, 5) is 13.4. The second-order valence-electron chi connectivity index (χ2n) is 7.31. The van der Waals surface area contributed by atoms with Crippen LogP contribution in [0.4, 0.5) is 11.6 Å². The second-order valence-corrected chi connectivity index (χ2v) is 7.31. The van der Waals surface area contributed by atoms with E-state index in [-0.39, 0.29) is 12.6 Å². The van der Waals surface area contributed by atoms with Crippen molar-refractivity contribution >= 4 is 11.6 Å². The average Bonchev–Trinajstić information content (AvgIpc) is 3.31. The van der Waals surface area contributed by atoms with Crippen LogP contribution in [-0.4, -0.2) is 63.7 Å². The number of ether oxygens (including phenoxy) is 1. The molecule has 26 heavy (non-hydrogen) atoms. The van der Waals surface area contributed by atoms with E-state index in [0.717, 1.165) is 43.1 Å². The van der Waals surface area contributed by atoms with Gasteiger partial charge in [-0.1, -0.05) is 0 Å². The fourth-order valence-electron chi connectivity index (χ4n) is 3.93. The lowest BCUT2D eigenvalue weighted by Gasteiger charge is -2.40. The molecule has 2 saturated heterocycles. The third-order valence-electron chi connectivity index (χ3n) is 5.43. The van der Waals surface area contributed by atoms with E-state index in [1.165, 1.54) is 0 Å². The summed E-state index contributed by atoms with van der Waals surface area (Å²) in [6.07, 6.45) is 7.58. The molecule has 2 aromatic heterocycles. The second kappa shape index (κ2) is 6.85. The largest absolute Gasteiger partial charge is 0.394 e. The Balaban J connectivity index is 1.56. The molecule has 4 rings (SSSR count). The Hall–Kier alpha value is -2.19. The van der Waals surface area contributed by atoms with Gasteiger partial charge < -0.3 is 19.6 Å². The van der Waals surface area contributed by atoms with Gasteiger partial charge in [-0.05, 0) is 19.8 Å². The van der Waals surface area contributed by atoms with Crippen LogP contribution >= 0.6 is 0 Å². The minimum atomic E-state index is -0.418. The molecule has 0 bridgehead atoms. The van der Waals surface area contributed by atoms with Crippen molar-refractivity contribution in [1.82, 2.24) is 19.7 Å². The molecule has 2 fully saturated rings. The van der Waals surface area contributed by atoms with Gasteiger partial charge in [0.15, 0.2) is 0 Å². The molecule has 0 amide bonds. The number of aryl methyl sites for hydroxylation is 1. The van der Waals surface area contributed by atoms with Crippen molar-refractivity contribution in [1.29, 1.82) is 0 Å². The summed E-state index contributed by atoms with van der Waals surface area (Å²) in [7, 11) is 1.91. The van der Waals surface area contributed by atoms with Gasteiger partial charge >= 0.3 is 0 Å². The van der Waals surface area contributed by atoms with Crippen molar-refractivity contribution in [2.24, 2.45) is 7.05 Å². The summed E-state index contributed by atoms with van der Waals surface area (Å²) in [5.74, 6) is 1.79. The molecule has 0 saturated carbocycles. The Kier molecular flexibility index (Phi) is 4.54.